The van der Waals surface area contributed by atoms with Crippen molar-refractivity contribution in [2.75, 3.05) is 25.0 Å². The van der Waals surface area contributed by atoms with Gasteiger partial charge < -0.3 is 15.4 Å². The molecule has 2 N–H and O–H groups in total. The Morgan fingerprint density at radius 1 is 1.15 bits per heavy atom. The van der Waals surface area contributed by atoms with Gasteiger partial charge in [0.25, 0.3) is 0 Å². The molecule has 114 valence electrons. The molecule has 0 spiro atoms. The molecule has 0 aliphatic carbocycles. The van der Waals surface area contributed by atoms with Crippen LogP contribution in [-0.4, -0.2) is 25.2 Å². The van der Waals surface area contributed by atoms with Crippen LogP contribution in [0.4, 0.5) is 5.69 Å². The van der Waals surface area contributed by atoms with Gasteiger partial charge in [-0.25, -0.2) is 0 Å². The van der Waals surface area contributed by atoms with Crippen molar-refractivity contribution in [3.05, 3.63) is 24.3 Å². The summed E-state index contributed by atoms with van der Waals surface area (Å²) in [5.74, 6) is 1.62. The average Bonchev–Trinajstić information content (AvgIpc) is 2.34. The minimum Gasteiger partial charge on any atom is -0.494 e. The Bertz CT molecular complexity index is 383. The highest BCUT2D eigenvalue weighted by Crippen LogP contribution is 2.17. The number of anilines is 1. The summed E-state index contributed by atoms with van der Waals surface area (Å²) >= 11 is 0. The van der Waals surface area contributed by atoms with Gasteiger partial charge in [0, 0.05) is 30.4 Å². The van der Waals surface area contributed by atoms with Gasteiger partial charge in [0.05, 0.1) is 6.61 Å². The lowest BCUT2D eigenvalue weighted by molar-refractivity contribution is 0.289. The van der Waals surface area contributed by atoms with Crippen LogP contribution >= 0.6 is 0 Å². The molecule has 1 aromatic rings. The highest BCUT2D eigenvalue weighted by atomic mass is 16.5. The quantitative estimate of drug-likeness (QED) is 0.707. The molecule has 0 radical (unpaired) electrons. The van der Waals surface area contributed by atoms with Crippen molar-refractivity contribution in [2.24, 2.45) is 5.92 Å². The van der Waals surface area contributed by atoms with Gasteiger partial charge in [0.15, 0.2) is 0 Å². The van der Waals surface area contributed by atoms with E-state index in [-0.39, 0.29) is 5.54 Å². The Morgan fingerprint density at radius 2 is 1.90 bits per heavy atom. The monoisotopic (exact) mass is 278 g/mol. The molecular formula is C17H30N2O. The van der Waals surface area contributed by atoms with Crippen molar-refractivity contribution in [2.45, 2.75) is 46.6 Å². The van der Waals surface area contributed by atoms with Crippen molar-refractivity contribution < 1.29 is 4.74 Å². The molecule has 0 atom stereocenters. The largest absolute Gasteiger partial charge is 0.494 e. The maximum atomic E-state index is 5.76. The van der Waals surface area contributed by atoms with Crippen LogP contribution in [0.2, 0.25) is 0 Å². The fourth-order valence-corrected chi connectivity index (χ4v) is 1.75. The SMILES string of the molecule is CC(C)CCOc1cccc(NCCNC(C)(C)C)c1. The topological polar surface area (TPSA) is 33.3 Å². The summed E-state index contributed by atoms with van der Waals surface area (Å²) in [4.78, 5) is 0. The summed E-state index contributed by atoms with van der Waals surface area (Å²) < 4.78 is 5.76. The third-order valence-electron chi connectivity index (χ3n) is 2.91. The van der Waals surface area contributed by atoms with Gasteiger partial charge in [-0.05, 0) is 45.2 Å². The Labute approximate surface area is 124 Å². The lowest BCUT2D eigenvalue weighted by Crippen LogP contribution is -2.38. The van der Waals surface area contributed by atoms with Crippen LogP contribution in [0.3, 0.4) is 0 Å². The fourth-order valence-electron chi connectivity index (χ4n) is 1.75. The first-order chi connectivity index (χ1) is 9.37. The second kappa shape index (κ2) is 8.15. The van der Waals surface area contributed by atoms with Crippen LogP contribution in [-0.2, 0) is 0 Å². The van der Waals surface area contributed by atoms with E-state index in [0.29, 0.717) is 5.92 Å². The molecule has 1 rings (SSSR count). The Balaban J connectivity index is 2.32. The molecule has 0 aliphatic heterocycles. The third-order valence-corrected chi connectivity index (χ3v) is 2.91. The predicted octanol–water partition coefficient (Wildman–Crippen LogP) is 3.91. The molecule has 0 saturated heterocycles. The number of ether oxygens (including phenoxy) is 1. The summed E-state index contributed by atoms with van der Waals surface area (Å²) in [6.45, 7) is 13.6. The summed E-state index contributed by atoms with van der Waals surface area (Å²) in [5.41, 5.74) is 1.28. The van der Waals surface area contributed by atoms with E-state index in [9.17, 15) is 0 Å². The molecule has 20 heavy (non-hydrogen) atoms. The number of hydrogen-bond donors (Lipinski definition) is 2. The Kier molecular flexibility index (Phi) is 6.86. The zero-order chi connectivity index (χ0) is 15.0. The van der Waals surface area contributed by atoms with Crippen LogP contribution in [0, 0.1) is 5.92 Å². The zero-order valence-corrected chi connectivity index (χ0v) is 13.6. The first-order valence-corrected chi connectivity index (χ1v) is 7.58. The molecule has 0 heterocycles. The standard InChI is InChI=1S/C17H30N2O/c1-14(2)9-12-20-16-8-6-7-15(13-16)18-10-11-19-17(3,4)5/h6-8,13-14,18-19H,9-12H2,1-5H3. The van der Waals surface area contributed by atoms with E-state index in [1.165, 1.54) is 0 Å². The molecule has 0 aromatic heterocycles. The van der Waals surface area contributed by atoms with Gasteiger partial charge in [-0.1, -0.05) is 19.9 Å². The van der Waals surface area contributed by atoms with Crippen molar-refractivity contribution in [1.29, 1.82) is 0 Å². The van der Waals surface area contributed by atoms with Gasteiger partial charge in [-0.3, -0.25) is 0 Å². The molecule has 0 bridgehead atoms. The van der Waals surface area contributed by atoms with E-state index in [4.69, 9.17) is 4.74 Å². The van der Waals surface area contributed by atoms with Crippen molar-refractivity contribution in [3.8, 4) is 5.75 Å². The molecule has 1 aromatic carbocycles. The predicted molar refractivity (Wildman–Crippen MR) is 87.6 cm³/mol. The molecule has 3 heteroatoms. The van der Waals surface area contributed by atoms with Crippen LogP contribution in [0.5, 0.6) is 5.75 Å². The van der Waals surface area contributed by atoms with Crippen LogP contribution in [0.15, 0.2) is 24.3 Å². The Hall–Kier alpha value is -1.22. The van der Waals surface area contributed by atoms with Crippen molar-refractivity contribution in [3.63, 3.8) is 0 Å². The molecule has 0 unspecified atom stereocenters. The third kappa shape index (κ3) is 8.05. The van der Waals surface area contributed by atoms with E-state index in [2.05, 4.69) is 57.4 Å². The van der Waals surface area contributed by atoms with Gasteiger partial charge in [0.2, 0.25) is 0 Å². The van der Waals surface area contributed by atoms with Crippen LogP contribution in [0.1, 0.15) is 41.0 Å². The molecule has 0 amide bonds. The van der Waals surface area contributed by atoms with Gasteiger partial charge >= 0.3 is 0 Å². The molecule has 0 fully saturated rings. The number of nitrogens with one attached hydrogen (secondary N) is 2. The van der Waals surface area contributed by atoms with E-state index in [1.54, 1.807) is 0 Å². The van der Waals surface area contributed by atoms with Gasteiger partial charge in [-0.15, -0.1) is 0 Å². The average molecular weight is 278 g/mol. The summed E-state index contributed by atoms with van der Waals surface area (Å²) in [6, 6.07) is 8.19. The lowest BCUT2D eigenvalue weighted by atomic mass is 10.1. The number of rotatable bonds is 8. The number of benzene rings is 1. The van der Waals surface area contributed by atoms with Crippen molar-refractivity contribution in [1.82, 2.24) is 5.32 Å². The highest BCUT2D eigenvalue weighted by molar-refractivity contribution is 5.48. The summed E-state index contributed by atoms with van der Waals surface area (Å²) in [7, 11) is 0. The Morgan fingerprint density at radius 3 is 2.55 bits per heavy atom. The minimum absolute atomic E-state index is 0.170. The van der Waals surface area contributed by atoms with E-state index in [0.717, 1.165) is 37.6 Å². The zero-order valence-electron chi connectivity index (χ0n) is 13.6. The van der Waals surface area contributed by atoms with Gasteiger partial charge in [-0.2, -0.15) is 0 Å². The maximum absolute atomic E-state index is 5.76. The second-order valence-electron chi connectivity index (χ2n) is 6.66. The second-order valence-corrected chi connectivity index (χ2v) is 6.66. The fraction of sp³-hybridized carbons (Fsp3) is 0.647. The summed E-state index contributed by atoms with van der Waals surface area (Å²) in [5, 5.41) is 6.87. The normalized spacial score (nSPS) is 11.7. The molecular weight excluding hydrogens is 248 g/mol. The van der Waals surface area contributed by atoms with Gasteiger partial charge in [0.1, 0.15) is 5.75 Å². The lowest BCUT2D eigenvalue weighted by Gasteiger charge is -2.20. The van der Waals surface area contributed by atoms with E-state index in [1.807, 2.05) is 12.1 Å². The first-order valence-electron chi connectivity index (χ1n) is 7.58. The van der Waals surface area contributed by atoms with Crippen LogP contribution in [0.25, 0.3) is 0 Å². The molecule has 0 aliphatic rings. The van der Waals surface area contributed by atoms with E-state index >= 15 is 0 Å². The maximum Gasteiger partial charge on any atom is 0.121 e. The van der Waals surface area contributed by atoms with Crippen molar-refractivity contribution >= 4 is 5.69 Å². The smallest absolute Gasteiger partial charge is 0.121 e. The number of hydrogen-bond acceptors (Lipinski definition) is 3. The first kappa shape index (κ1) is 16.8. The summed E-state index contributed by atoms with van der Waals surface area (Å²) in [6.07, 6.45) is 1.09. The van der Waals surface area contributed by atoms with Crippen LogP contribution < -0.4 is 15.4 Å². The minimum atomic E-state index is 0.170. The highest BCUT2D eigenvalue weighted by Gasteiger charge is 2.07. The molecule has 3 nitrogen and oxygen atoms in total. The molecule has 0 saturated carbocycles. The van der Waals surface area contributed by atoms with E-state index < -0.39 is 0 Å².